The first-order valence-corrected chi connectivity index (χ1v) is 6.97. The number of benzene rings is 1. The van der Waals surface area contributed by atoms with Gasteiger partial charge in [0.1, 0.15) is 6.10 Å². The molecule has 1 aromatic carbocycles. The van der Waals surface area contributed by atoms with Crippen LogP contribution in [0.25, 0.3) is 0 Å². The zero-order valence-corrected chi connectivity index (χ0v) is 11.8. The van der Waals surface area contributed by atoms with Crippen LogP contribution in [0.15, 0.2) is 24.3 Å². The minimum atomic E-state index is -0.332. The van der Waals surface area contributed by atoms with Crippen molar-refractivity contribution < 1.29 is 14.3 Å². The van der Waals surface area contributed by atoms with Crippen molar-refractivity contribution >= 4 is 23.4 Å². The molecule has 20 heavy (non-hydrogen) atoms. The summed E-state index contributed by atoms with van der Waals surface area (Å²) in [5.41, 5.74) is 0.542. The van der Waals surface area contributed by atoms with Crippen LogP contribution in [0.1, 0.15) is 23.2 Å². The maximum Gasteiger partial charge on any atom is 0.251 e. The summed E-state index contributed by atoms with van der Waals surface area (Å²) < 4.78 is 5.26. The Bertz CT molecular complexity index is 470. The first-order valence-electron chi connectivity index (χ1n) is 6.60. The van der Waals surface area contributed by atoms with E-state index in [0.29, 0.717) is 30.3 Å². The molecule has 0 bridgehead atoms. The van der Waals surface area contributed by atoms with Gasteiger partial charge in [0, 0.05) is 30.3 Å². The molecule has 0 radical (unpaired) electrons. The first kappa shape index (κ1) is 14.8. The van der Waals surface area contributed by atoms with Crippen molar-refractivity contribution in [1.29, 1.82) is 0 Å². The molecule has 0 aliphatic carbocycles. The van der Waals surface area contributed by atoms with Crippen LogP contribution in [0, 0.1) is 0 Å². The molecule has 1 saturated heterocycles. The Morgan fingerprint density at radius 2 is 1.90 bits per heavy atom. The van der Waals surface area contributed by atoms with Crippen molar-refractivity contribution in [3.63, 3.8) is 0 Å². The number of rotatable bonds is 5. The van der Waals surface area contributed by atoms with Crippen LogP contribution in [-0.4, -0.2) is 37.6 Å². The maximum atomic E-state index is 11.8. The Morgan fingerprint density at radius 1 is 1.20 bits per heavy atom. The van der Waals surface area contributed by atoms with E-state index in [0.717, 1.165) is 12.8 Å². The van der Waals surface area contributed by atoms with Gasteiger partial charge in [0.25, 0.3) is 5.91 Å². The van der Waals surface area contributed by atoms with E-state index < -0.39 is 0 Å². The van der Waals surface area contributed by atoms with Gasteiger partial charge in [0.2, 0.25) is 5.91 Å². The van der Waals surface area contributed by atoms with Crippen LogP contribution in [0.3, 0.4) is 0 Å². The summed E-state index contributed by atoms with van der Waals surface area (Å²) in [6, 6.07) is 6.64. The number of halogens is 1. The van der Waals surface area contributed by atoms with Crippen molar-refractivity contribution in [2.75, 3.05) is 19.7 Å². The van der Waals surface area contributed by atoms with Gasteiger partial charge in [-0.2, -0.15) is 0 Å². The van der Waals surface area contributed by atoms with Crippen LogP contribution in [0.2, 0.25) is 5.02 Å². The Balaban J connectivity index is 1.66. The third kappa shape index (κ3) is 4.21. The fraction of sp³-hybridized carbons (Fsp3) is 0.429. The fourth-order valence-electron chi connectivity index (χ4n) is 1.96. The van der Waals surface area contributed by atoms with E-state index in [9.17, 15) is 9.59 Å². The zero-order valence-electron chi connectivity index (χ0n) is 11.0. The lowest BCUT2D eigenvalue weighted by Crippen LogP contribution is -2.39. The highest BCUT2D eigenvalue weighted by Crippen LogP contribution is 2.11. The number of nitrogens with one attached hydrogen (secondary N) is 2. The largest absolute Gasteiger partial charge is 0.368 e. The van der Waals surface area contributed by atoms with Gasteiger partial charge in [0.15, 0.2) is 0 Å². The van der Waals surface area contributed by atoms with Crippen LogP contribution < -0.4 is 10.6 Å². The average molecular weight is 297 g/mol. The molecule has 1 atom stereocenters. The second-order valence-corrected chi connectivity index (χ2v) is 4.99. The average Bonchev–Trinajstić information content (AvgIpc) is 2.98. The van der Waals surface area contributed by atoms with Crippen molar-refractivity contribution in [2.24, 2.45) is 0 Å². The molecular weight excluding hydrogens is 280 g/mol. The minimum Gasteiger partial charge on any atom is -0.368 e. The van der Waals surface area contributed by atoms with Gasteiger partial charge in [-0.05, 0) is 37.1 Å². The Kier molecular flexibility index (Phi) is 5.38. The Labute approximate surface area is 122 Å². The summed E-state index contributed by atoms with van der Waals surface area (Å²) in [6.07, 6.45) is 1.36. The molecule has 0 saturated carbocycles. The third-order valence-corrected chi connectivity index (χ3v) is 3.29. The number of carbonyl (C=O) groups excluding carboxylic acids is 2. The molecule has 0 unspecified atom stereocenters. The summed E-state index contributed by atoms with van der Waals surface area (Å²) in [6.45, 7) is 1.41. The summed E-state index contributed by atoms with van der Waals surface area (Å²) >= 11 is 5.75. The maximum absolute atomic E-state index is 11.8. The van der Waals surface area contributed by atoms with Gasteiger partial charge in [-0.15, -0.1) is 0 Å². The molecule has 2 N–H and O–H groups in total. The number of carbonyl (C=O) groups is 2. The van der Waals surface area contributed by atoms with E-state index in [-0.39, 0.29) is 17.9 Å². The second-order valence-electron chi connectivity index (χ2n) is 4.56. The highest BCUT2D eigenvalue weighted by atomic mass is 35.5. The third-order valence-electron chi connectivity index (χ3n) is 3.04. The molecule has 5 nitrogen and oxygen atoms in total. The van der Waals surface area contributed by atoms with Gasteiger partial charge in [-0.25, -0.2) is 0 Å². The van der Waals surface area contributed by atoms with Gasteiger partial charge in [-0.3, -0.25) is 9.59 Å². The van der Waals surface area contributed by atoms with Gasteiger partial charge >= 0.3 is 0 Å². The lowest BCUT2D eigenvalue weighted by Gasteiger charge is -2.10. The van der Waals surface area contributed by atoms with E-state index in [1.165, 1.54) is 0 Å². The summed E-state index contributed by atoms with van der Waals surface area (Å²) in [5.74, 6) is -0.295. The minimum absolute atomic E-state index is 0.108. The molecular formula is C14H17ClN2O3. The normalized spacial score (nSPS) is 17.8. The highest BCUT2D eigenvalue weighted by molar-refractivity contribution is 6.30. The van der Waals surface area contributed by atoms with Crippen LogP contribution >= 0.6 is 11.6 Å². The van der Waals surface area contributed by atoms with Gasteiger partial charge < -0.3 is 15.4 Å². The summed E-state index contributed by atoms with van der Waals surface area (Å²) in [4.78, 5) is 23.4. The summed E-state index contributed by atoms with van der Waals surface area (Å²) in [5, 5.41) is 6.06. The zero-order chi connectivity index (χ0) is 14.4. The predicted octanol–water partition coefficient (Wildman–Crippen LogP) is 1.37. The second kappa shape index (κ2) is 7.26. The van der Waals surface area contributed by atoms with E-state index >= 15 is 0 Å². The number of amides is 2. The number of ether oxygens (including phenoxy) is 1. The molecule has 1 aromatic rings. The van der Waals surface area contributed by atoms with E-state index in [4.69, 9.17) is 16.3 Å². The summed E-state index contributed by atoms with van der Waals surface area (Å²) in [7, 11) is 0. The first-order chi connectivity index (χ1) is 9.66. The lowest BCUT2D eigenvalue weighted by molar-refractivity contribution is -0.129. The van der Waals surface area contributed by atoms with E-state index in [1.807, 2.05) is 0 Å². The van der Waals surface area contributed by atoms with Crippen LogP contribution in [0.4, 0.5) is 0 Å². The van der Waals surface area contributed by atoms with Crippen molar-refractivity contribution in [3.05, 3.63) is 34.9 Å². The lowest BCUT2D eigenvalue weighted by atomic mass is 10.2. The molecule has 2 amide bonds. The van der Waals surface area contributed by atoms with Crippen molar-refractivity contribution in [1.82, 2.24) is 10.6 Å². The molecule has 1 aliphatic heterocycles. The molecule has 1 fully saturated rings. The molecule has 6 heteroatoms. The molecule has 2 rings (SSSR count). The molecule has 1 aliphatic rings. The van der Waals surface area contributed by atoms with E-state index in [2.05, 4.69) is 10.6 Å². The molecule has 108 valence electrons. The predicted molar refractivity (Wildman–Crippen MR) is 75.8 cm³/mol. The molecule has 0 aromatic heterocycles. The Morgan fingerprint density at radius 3 is 2.55 bits per heavy atom. The van der Waals surface area contributed by atoms with Crippen LogP contribution in [0.5, 0.6) is 0 Å². The fourth-order valence-corrected chi connectivity index (χ4v) is 2.09. The highest BCUT2D eigenvalue weighted by Gasteiger charge is 2.22. The smallest absolute Gasteiger partial charge is 0.251 e. The van der Waals surface area contributed by atoms with Gasteiger partial charge in [-0.1, -0.05) is 11.6 Å². The van der Waals surface area contributed by atoms with Crippen LogP contribution in [-0.2, 0) is 9.53 Å². The quantitative estimate of drug-likeness (QED) is 0.806. The van der Waals surface area contributed by atoms with E-state index in [1.54, 1.807) is 24.3 Å². The number of hydrogen-bond donors (Lipinski definition) is 2. The van der Waals surface area contributed by atoms with Crippen molar-refractivity contribution in [2.45, 2.75) is 18.9 Å². The molecule has 1 heterocycles. The van der Waals surface area contributed by atoms with Gasteiger partial charge in [0.05, 0.1) is 0 Å². The molecule has 0 spiro atoms. The standard InChI is InChI=1S/C14H17ClN2O3/c15-11-5-3-10(4-6-11)13(18)16-7-8-17-14(19)12-2-1-9-20-12/h3-6,12H,1-2,7-9H2,(H,16,18)(H,17,19)/t12-/m1/s1. The topological polar surface area (TPSA) is 67.4 Å². The van der Waals surface area contributed by atoms with Crippen molar-refractivity contribution in [3.8, 4) is 0 Å². The SMILES string of the molecule is O=C(NCCNC(=O)[C@H]1CCCO1)c1ccc(Cl)cc1. The Hall–Kier alpha value is -1.59. The monoisotopic (exact) mass is 296 g/mol. The number of hydrogen-bond acceptors (Lipinski definition) is 3.